The van der Waals surface area contributed by atoms with Gasteiger partial charge in [-0.25, -0.2) is 9.59 Å². The summed E-state index contributed by atoms with van der Waals surface area (Å²) in [5, 5.41) is 18.2. The van der Waals surface area contributed by atoms with Gasteiger partial charge in [0.15, 0.2) is 0 Å². The van der Waals surface area contributed by atoms with Crippen molar-refractivity contribution in [2.24, 2.45) is 10.8 Å². The van der Waals surface area contributed by atoms with Crippen molar-refractivity contribution in [2.75, 3.05) is 13.2 Å². The average Bonchev–Trinajstić information content (AvgIpc) is 3.62. The molecule has 1 aliphatic heterocycles. The number of nitrogens with one attached hydrogen (secondary N) is 1. The predicted octanol–water partition coefficient (Wildman–Crippen LogP) is 1.52. The lowest BCUT2D eigenvalue weighted by atomic mass is 9.92. The molecule has 188 valence electrons. The highest BCUT2D eigenvalue weighted by molar-refractivity contribution is 6.27. The normalized spacial score (nSPS) is 24.9. The lowest BCUT2D eigenvalue weighted by Gasteiger charge is -2.43. The van der Waals surface area contributed by atoms with E-state index in [0.717, 1.165) is 19.3 Å². The second-order valence-electron chi connectivity index (χ2n) is 9.04. The molecule has 0 aromatic rings. The fourth-order valence-electron chi connectivity index (χ4n) is 3.48. The van der Waals surface area contributed by atoms with Crippen molar-refractivity contribution >= 4 is 30.2 Å². The Balaban J connectivity index is 0.000000288. The van der Waals surface area contributed by atoms with E-state index >= 15 is 0 Å². The van der Waals surface area contributed by atoms with Crippen molar-refractivity contribution < 1.29 is 48.4 Å². The summed E-state index contributed by atoms with van der Waals surface area (Å²) in [6, 6.07) is 0. The highest BCUT2D eigenvalue weighted by atomic mass is 16.5. The van der Waals surface area contributed by atoms with Gasteiger partial charge in [-0.15, -0.1) is 0 Å². The fourth-order valence-corrected chi connectivity index (χ4v) is 3.48. The molecule has 2 unspecified atom stereocenters. The highest BCUT2D eigenvalue weighted by Gasteiger charge is 2.60. The summed E-state index contributed by atoms with van der Waals surface area (Å²) in [4.78, 5) is 51.4. The zero-order chi connectivity index (χ0) is 25.4. The topological polar surface area (TPSA) is 166 Å². The largest absolute Gasteiger partial charge is 0.473 e. The Morgan fingerprint density at radius 2 is 1.45 bits per heavy atom. The number of hydrogen-bond donors (Lipinski definition) is 3. The summed E-state index contributed by atoms with van der Waals surface area (Å²) in [5.74, 6) is -4.11. The van der Waals surface area contributed by atoms with Crippen LogP contribution in [-0.2, 0) is 38.2 Å². The summed E-state index contributed by atoms with van der Waals surface area (Å²) in [5.41, 5.74) is -1.15. The van der Waals surface area contributed by atoms with Crippen LogP contribution in [0, 0.1) is 10.8 Å². The third-order valence-electron chi connectivity index (χ3n) is 5.54. The van der Waals surface area contributed by atoms with Crippen molar-refractivity contribution in [2.45, 2.75) is 84.6 Å². The third-order valence-corrected chi connectivity index (χ3v) is 5.54. The number of rotatable bonds is 6. The fraction of sp³-hybridized carbons (Fsp3) is 0.773. The number of esters is 2. The minimum atomic E-state index is -1.82. The molecule has 1 heterocycles. The first-order valence-corrected chi connectivity index (χ1v) is 11.0. The molecule has 2 saturated carbocycles. The van der Waals surface area contributed by atoms with Crippen molar-refractivity contribution in [1.82, 2.24) is 5.32 Å². The van der Waals surface area contributed by atoms with Gasteiger partial charge in [0.25, 0.3) is 0 Å². The van der Waals surface area contributed by atoms with Crippen molar-refractivity contribution in [3.63, 3.8) is 0 Å². The lowest BCUT2D eigenvalue weighted by molar-refractivity contribution is -0.169. The van der Waals surface area contributed by atoms with Crippen LogP contribution < -0.4 is 5.32 Å². The number of aldehydes is 1. The standard InChI is InChI=1S/C13H23NO3.C7H10O3.C2H2O4/c1-5-16-11(15)13(6-7-13)10-14-12(3,4)8-9(2)17-10;1-2-10-6(9)7(5-8)3-4-7;3-1(4)2(5)6/h9-10,14H,5-8H2,1-4H3;5H,2-4H2,1H3;(H,3,4)(H,5,6). The highest BCUT2D eigenvalue weighted by Crippen LogP contribution is 2.52. The second kappa shape index (κ2) is 11.6. The first-order chi connectivity index (χ1) is 15.3. The zero-order valence-corrected chi connectivity index (χ0v) is 19.8. The van der Waals surface area contributed by atoms with Crippen LogP contribution in [-0.4, -0.2) is 71.5 Å². The molecule has 1 saturated heterocycles. The number of carboxylic acid groups (broad SMARTS) is 2. The smallest absolute Gasteiger partial charge is 0.414 e. The van der Waals surface area contributed by atoms with E-state index in [1.54, 1.807) is 6.92 Å². The van der Waals surface area contributed by atoms with Crippen molar-refractivity contribution in [3.05, 3.63) is 0 Å². The van der Waals surface area contributed by atoms with Crippen LogP contribution in [0.2, 0.25) is 0 Å². The molecule has 2 aliphatic carbocycles. The van der Waals surface area contributed by atoms with Crippen LogP contribution >= 0.6 is 0 Å². The van der Waals surface area contributed by atoms with Gasteiger partial charge in [0.05, 0.1) is 19.3 Å². The Bertz CT molecular complexity index is 727. The number of ether oxygens (including phenoxy) is 3. The van der Waals surface area contributed by atoms with Crippen LogP contribution in [0.15, 0.2) is 0 Å². The Morgan fingerprint density at radius 3 is 1.79 bits per heavy atom. The first kappa shape index (κ1) is 28.5. The molecule has 2 atom stereocenters. The first-order valence-electron chi connectivity index (χ1n) is 11.0. The molecule has 11 heteroatoms. The van der Waals surface area contributed by atoms with Gasteiger partial charge in [-0.2, -0.15) is 0 Å². The van der Waals surface area contributed by atoms with E-state index in [1.807, 2.05) is 6.92 Å². The van der Waals surface area contributed by atoms with E-state index < -0.39 is 22.8 Å². The van der Waals surface area contributed by atoms with E-state index in [0.29, 0.717) is 32.3 Å². The second-order valence-corrected chi connectivity index (χ2v) is 9.04. The molecule has 3 fully saturated rings. The lowest BCUT2D eigenvalue weighted by Crippen LogP contribution is -2.59. The van der Waals surface area contributed by atoms with Gasteiger partial charge in [-0.3, -0.25) is 14.9 Å². The van der Waals surface area contributed by atoms with Crippen molar-refractivity contribution in [3.8, 4) is 0 Å². The molecular formula is C22H35NO10. The maximum absolute atomic E-state index is 12.0. The van der Waals surface area contributed by atoms with Crippen LogP contribution in [0.25, 0.3) is 0 Å². The summed E-state index contributed by atoms with van der Waals surface area (Å²) >= 11 is 0. The van der Waals surface area contributed by atoms with Gasteiger partial charge in [-0.1, -0.05) is 0 Å². The summed E-state index contributed by atoms with van der Waals surface area (Å²) < 4.78 is 15.8. The number of carbonyl (C=O) groups is 5. The molecule has 0 aromatic carbocycles. The summed E-state index contributed by atoms with van der Waals surface area (Å²) in [6.07, 6.45) is 4.71. The minimum absolute atomic E-state index is 0.0183. The van der Waals surface area contributed by atoms with Crippen LogP contribution in [0.1, 0.15) is 66.7 Å². The van der Waals surface area contributed by atoms with Crippen molar-refractivity contribution in [1.29, 1.82) is 0 Å². The SMILES string of the molecule is CCOC(=O)C1(C2NC(C)(C)CC(C)O2)CC1.CCOC(=O)C1(C=O)CC1.O=C(O)C(=O)O. The molecule has 33 heavy (non-hydrogen) atoms. The van der Waals surface area contributed by atoms with E-state index in [2.05, 4.69) is 30.8 Å². The van der Waals surface area contributed by atoms with E-state index in [1.165, 1.54) is 0 Å². The van der Waals surface area contributed by atoms with Gasteiger partial charge in [-0.05, 0) is 66.7 Å². The predicted molar refractivity (Wildman–Crippen MR) is 114 cm³/mol. The van der Waals surface area contributed by atoms with Gasteiger partial charge < -0.3 is 29.2 Å². The summed E-state index contributed by atoms with van der Waals surface area (Å²) in [7, 11) is 0. The van der Waals surface area contributed by atoms with Crippen LogP contribution in [0.5, 0.6) is 0 Å². The van der Waals surface area contributed by atoms with Crippen LogP contribution in [0.4, 0.5) is 0 Å². The van der Waals surface area contributed by atoms with Gasteiger partial charge in [0, 0.05) is 5.54 Å². The zero-order valence-electron chi connectivity index (χ0n) is 19.8. The maximum atomic E-state index is 12.0. The number of hydrogen-bond acceptors (Lipinski definition) is 9. The Morgan fingerprint density at radius 1 is 0.970 bits per heavy atom. The molecular weight excluding hydrogens is 438 g/mol. The van der Waals surface area contributed by atoms with Gasteiger partial charge in [0.1, 0.15) is 23.3 Å². The summed E-state index contributed by atoms with van der Waals surface area (Å²) in [6.45, 7) is 10.7. The van der Waals surface area contributed by atoms with E-state index in [9.17, 15) is 14.4 Å². The Kier molecular flexibility index (Phi) is 9.98. The van der Waals surface area contributed by atoms with Gasteiger partial charge in [0.2, 0.25) is 0 Å². The average molecular weight is 474 g/mol. The van der Waals surface area contributed by atoms with Gasteiger partial charge >= 0.3 is 23.9 Å². The quantitative estimate of drug-likeness (QED) is 0.221. The van der Waals surface area contributed by atoms with E-state index in [-0.39, 0.29) is 29.8 Å². The molecule has 3 rings (SSSR count). The molecule has 0 spiro atoms. The molecule has 0 bridgehead atoms. The minimum Gasteiger partial charge on any atom is -0.473 e. The molecule has 3 N–H and O–H groups in total. The Hall–Kier alpha value is -2.53. The van der Waals surface area contributed by atoms with E-state index in [4.69, 9.17) is 29.3 Å². The molecule has 11 nitrogen and oxygen atoms in total. The molecule has 3 aliphatic rings. The van der Waals surface area contributed by atoms with Crippen LogP contribution in [0.3, 0.4) is 0 Å². The third kappa shape index (κ3) is 8.08. The number of carboxylic acids is 2. The monoisotopic (exact) mass is 473 g/mol. The molecule has 0 aromatic heterocycles. The Labute approximate surface area is 193 Å². The number of carbonyl (C=O) groups excluding carboxylic acids is 3. The number of aliphatic carboxylic acids is 2. The maximum Gasteiger partial charge on any atom is 0.414 e. The molecule has 0 radical (unpaired) electrons. The molecule has 0 amide bonds.